The fourth-order valence-electron chi connectivity index (χ4n) is 1.90. The highest BCUT2D eigenvalue weighted by Gasteiger charge is 2.09. The molecule has 1 amide bonds. The molecule has 0 fully saturated rings. The molecule has 22 heavy (non-hydrogen) atoms. The van der Waals surface area contributed by atoms with Crippen LogP contribution in [0.2, 0.25) is 0 Å². The van der Waals surface area contributed by atoms with E-state index in [1.54, 1.807) is 48.5 Å². The Labute approximate surface area is 128 Å². The maximum Gasteiger partial charge on any atom is 0.337 e. The predicted octanol–water partition coefficient (Wildman–Crippen LogP) is 3.12. The average molecular weight is 299 g/mol. The lowest BCUT2D eigenvalue weighted by Gasteiger charge is -2.08. The van der Waals surface area contributed by atoms with Crippen LogP contribution in [-0.2, 0) is 4.74 Å². The van der Waals surface area contributed by atoms with Crippen LogP contribution in [0.25, 0.3) is 0 Å². The van der Waals surface area contributed by atoms with E-state index in [2.05, 4.69) is 10.1 Å². The van der Waals surface area contributed by atoms with Gasteiger partial charge in [-0.05, 0) is 49.4 Å². The number of anilines is 1. The molecular formula is C17H17NO4. The average Bonchev–Trinajstić information content (AvgIpc) is 2.55. The van der Waals surface area contributed by atoms with Crippen LogP contribution in [-0.4, -0.2) is 25.6 Å². The van der Waals surface area contributed by atoms with Crippen LogP contribution in [0.15, 0.2) is 48.5 Å². The second kappa shape index (κ2) is 7.26. The maximum atomic E-state index is 12.2. The molecule has 0 saturated heterocycles. The van der Waals surface area contributed by atoms with E-state index < -0.39 is 5.97 Å². The van der Waals surface area contributed by atoms with Gasteiger partial charge in [-0.15, -0.1) is 0 Å². The first-order chi connectivity index (χ1) is 10.6. The number of nitrogens with one attached hydrogen (secondary N) is 1. The summed E-state index contributed by atoms with van der Waals surface area (Å²) in [5.41, 5.74) is 1.53. The third-order valence-electron chi connectivity index (χ3n) is 2.97. The summed E-state index contributed by atoms with van der Waals surface area (Å²) in [4.78, 5) is 23.5. The maximum absolute atomic E-state index is 12.2. The monoisotopic (exact) mass is 299 g/mol. The van der Waals surface area contributed by atoms with E-state index >= 15 is 0 Å². The molecule has 2 rings (SSSR count). The largest absolute Gasteiger partial charge is 0.494 e. The van der Waals surface area contributed by atoms with Gasteiger partial charge >= 0.3 is 5.97 Å². The van der Waals surface area contributed by atoms with Gasteiger partial charge in [-0.2, -0.15) is 0 Å². The Morgan fingerprint density at radius 1 is 1.05 bits per heavy atom. The van der Waals surface area contributed by atoms with E-state index in [9.17, 15) is 9.59 Å². The van der Waals surface area contributed by atoms with Crippen molar-refractivity contribution in [2.24, 2.45) is 0 Å². The number of methoxy groups -OCH3 is 1. The second-order valence-electron chi connectivity index (χ2n) is 4.48. The quantitative estimate of drug-likeness (QED) is 0.862. The van der Waals surface area contributed by atoms with Crippen molar-refractivity contribution < 1.29 is 19.1 Å². The van der Waals surface area contributed by atoms with E-state index in [1.165, 1.54) is 7.11 Å². The number of carbonyl (C=O) groups excluding carboxylic acids is 2. The molecule has 0 heterocycles. The third kappa shape index (κ3) is 3.85. The smallest absolute Gasteiger partial charge is 0.337 e. The Kier molecular flexibility index (Phi) is 5.14. The van der Waals surface area contributed by atoms with Crippen LogP contribution in [0.3, 0.4) is 0 Å². The van der Waals surface area contributed by atoms with Crippen LogP contribution in [0.4, 0.5) is 5.69 Å². The van der Waals surface area contributed by atoms with Crippen LogP contribution in [0, 0.1) is 0 Å². The number of hydrogen-bond donors (Lipinski definition) is 1. The number of amides is 1. The highest BCUT2D eigenvalue weighted by Crippen LogP contribution is 2.16. The van der Waals surface area contributed by atoms with E-state index in [-0.39, 0.29) is 5.91 Å². The molecule has 0 saturated carbocycles. The lowest BCUT2D eigenvalue weighted by molar-refractivity contribution is 0.0600. The fourth-order valence-corrected chi connectivity index (χ4v) is 1.90. The second-order valence-corrected chi connectivity index (χ2v) is 4.48. The number of ether oxygens (including phenoxy) is 2. The van der Waals surface area contributed by atoms with Crippen molar-refractivity contribution in [2.75, 3.05) is 19.0 Å². The Morgan fingerprint density at radius 2 is 1.77 bits per heavy atom. The highest BCUT2D eigenvalue weighted by atomic mass is 16.5. The van der Waals surface area contributed by atoms with E-state index in [1.807, 2.05) is 6.92 Å². The Balaban J connectivity index is 2.08. The van der Waals surface area contributed by atoms with Gasteiger partial charge in [0.05, 0.1) is 19.3 Å². The Morgan fingerprint density at radius 3 is 2.41 bits per heavy atom. The van der Waals surface area contributed by atoms with E-state index in [4.69, 9.17) is 4.74 Å². The lowest BCUT2D eigenvalue weighted by atomic mass is 10.1. The minimum atomic E-state index is -0.415. The van der Waals surface area contributed by atoms with Gasteiger partial charge in [-0.25, -0.2) is 4.79 Å². The lowest BCUT2D eigenvalue weighted by Crippen LogP contribution is -2.12. The fraction of sp³-hybridized carbons (Fsp3) is 0.176. The topological polar surface area (TPSA) is 64.6 Å². The summed E-state index contributed by atoms with van der Waals surface area (Å²) in [7, 11) is 1.32. The molecule has 0 spiro atoms. The zero-order chi connectivity index (χ0) is 15.9. The molecule has 0 unspecified atom stereocenters. The van der Waals surface area contributed by atoms with Crippen molar-refractivity contribution in [3.63, 3.8) is 0 Å². The van der Waals surface area contributed by atoms with Crippen molar-refractivity contribution in [3.8, 4) is 5.75 Å². The molecule has 0 radical (unpaired) electrons. The first-order valence-electron chi connectivity index (χ1n) is 6.86. The number of carbonyl (C=O) groups is 2. The van der Waals surface area contributed by atoms with Crippen LogP contribution in [0.1, 0.15) is 27.6 Å². The van der Waals surface area contributed by atoms with Crippen molar-refractivity contribution >= 4 is 17.6 Å². The van der Waals surface area contributed by atoms with Crippen LogP contribution >= 0.6 is 0 Å². The molecule has 0 aliphatic rings. The number of hydrogen-bond acceptors (Lipinski definition) is 4. The summed E-state index contributed by atoms with van der Waals surface area (Å²) < 4.78 is 9.99. The molecule has 0 aromatic heterocycles. The standard InChI is InChI=1S/C17H17NO4/c1-3-22-15-6-4-5-13(11-15)16(19)18-14-9-7-12(8-10-14)17(20)21-2/h4-11H,3H2,1-2H3,(H,18,19). The molecule has 0 aliphatic heterocycles. The van der Waals surface area contributed by atoms with Gasteiger partial charge in [0.25, 0.3) is 5.91 Å². The van der Waals surface area contributed by atoms with Crippen LogP contribution < -0.4 is 10.1 Å². The van der Waals surface area contributed by atoms with Gasteiger partial charge in [0, 0.05) is 11.3 Å². The predicted molar refractivity (Wildman–Crippen MR) is 83.3 cm³/mol. The summed E-state index contributed by atoms with van der Waals surface area (Å²) in [6.07, 6.45) is 0. The Hall–Kier alpha value is -2.82. The zero-order valence-electron chi connectivity index (χ0n) is 12.5. The highest BCUT2D eigenvalue weighted by molar-refractivity contribution is 6.04. The van der Waals surface area contributed by atoms with Gasteiger partial charge in [0.1, 0.15) is 5.75 Å². The third-order valence-corrected chi connectivity index (χ3v) is 2.97. The molecule has 1 N–H and O–H groups in total. The van der Waals surface area contributed by atoms with Crippen LogP contribution in [0.5, 0.6) is 5.75 Å². The molecule has 2 aromatic rings. The first-order valence-corrected chi connectivity index (χ1v) is 6.86. The normalized spacial score (nSPS) is 9.91. The van der Waals surface area contributed by atoms with Gasteiger partial charge in [0.2, 0.25) is 0 Å². The van der Waals surface area contributed by atoms with Crippen molar-refractivity contribution in [1.82, 2.24) is 0 Å². The minimum Gasteiger partial charge on any atom is -0.494 e. The minimum absolute atomic E-state index is 0.243. The summed E-state index contributed by atoms with van der Waals surface area (Å²) in [5.74, 6) is -0.00847. The zero-order valence-corrected chi connectivity index (χ0v) is 12.5. The molecular weight excluding hydrogens is 282 g/mol. The summed E-state index contributed by atoms with van der Waals surface area (Å²) >= 11 is 0. The molecule has 0 bridgehead atoms. The van der Waals surface area contributed by atoms with Crippen molar-refractivity contribution in [1.29, 1.82) is 0 Å². The summed E-state index contributed by atoms with van der Waals surface area (Å²) in [5, 5.41) is 2.77. The SMILES string of the molecule is CCOc1cccc(C(=O)Nc2ccc(C(=O)OC)cc2)c1. The summed E-state index contributed by atoms with van der Waals surface area (Å²) in [6.45, 7) is 2.43. The van der Waals surface area contributed by atoms with Gasteiger partial charge < -0.3 is 14.8 Å². The number of rotatable bonds is 5. The number of esters is 1. The first kappa shape index (κ1) is 15.6. The van der Waals surface area contributed by atoms with E-state index in [0.717, 1.165) is 0 Å². The molecule has 114 valence electrons. The molecule has 5 nitrogen and oxygen atoms in total. The van der Waals surface area contributed by atoms with Crippen molar-refractivity contribution in [2.45, 2.75) is 6.92 Å². The summed E-state index contributed by atoms with van der Waals surface area (Å²) in [6, 6.07) is 13.4. The van der Waals surface area contributed by atoms with Crippen molar-refractivity contribution in [3.05, 3.63) is 59.7 Å². The molecule has 5 heteroatoms. The van der Waals surface area contributed by atoms with Gasteiger partial charge in [0.15, 0.2) is 0 Å². The van der Waals surface area contributed by atoms with Gasteiger partial charge in [-0.1, -0.05) is 6.07 Å². The molecule has 0 aliphatic carbocycles. The number of benzene rings is 2. The molecule has 0 atom stereocenters. The molecule has 2 aromatic carbocycles. The van der Waals surface area contributed by atoms with E-state index in [0.29, 0.717) is 29.2 Å². The Bertz CT molecular complexity index is 665. The van der Waals surface area contributed by atoms with Gasteiger partial charge in [-0.3, -0.25) is 4.79 Å².